The summed E-state index contributed by atoms with van der Waals surface area (Å²) in [7, 11) is 0. The summed E-state index contributed by atoms with van der Waals surface area (Å²) in [5.74, 6) is -0.691. The molecule has 0 aliphatic carbocycles. The first kappa shape index (κ1) is 21.0. The van der Waals surface area contributed by atoms with Crippen LogP contribution in [0.3, 0.4) is 0 Å². The third-order valence-corrected chi connectivity index (χ3v) is 4.78. The molecule has 0 radical (unpaired) electrons. The van der Waals surface area contributed by atoms with Crippen molar-refractivity contribution in [1.29, 1.82) is 0 Å². The molecule has 2 aromatic carbocycles. The summed E-state index contributed by atoms with van der Waals surface area (Å²) < 4.78 is 20.4. The molecule has 9 heteroatoms. The van der Waals surface area contributed by atoms with E-state index < -0.39 is 28.7 Å². The largest absolute Gasteiger partial charge is 0.467 e. The molecule has 0 bridgehead atoms. The summed E-state index contributed by atoms with van der Waals surface area (Å²) in [4.78, 5) is 39.0. The topological polar surface area (TPSA) is 99.1 Å². The van der Waals surface area contributed by atoms with Crippen LogP contribution in [0.1, 0.15) is 27.4 Å². The van der Waals surface area contributed by atoms with E-state index in [1.165, 1.54) is 30.5 Å². The molecule has 4 rings (SSSR count). The monoisotopic (exact) mass is 434 g/mol. The Labute approximate surface area is 181 Å². The number of rotatable bonds is 6. The molecule has 0 saturated carbocycles. The Morgan fingerprint density at radius 2 is 1.88 bits per heavy atom. The van der Waals surface area contributed by atoms with Gasteiger partial charge in [0.05, 0.1) is 25.0 Å². The smallest absolute Gasteiger partial charge is 0.352 e. The molecule has 0 fully saturated rings. The molecule has 0 atom stereocenters. The molecule has 2 heterocycles. The van der Waals surface area contributed by atoms with Crippen LogP contribution in [0.25, 0.3) is 5.69 Å². The van der Waals surface area contributed by atoms with Crippen molar-refractivity contribution in [3.05, 3.63) is 116 Å². The quantitative estimate of drug-likeness (QED) is 0.503. The maximum Gasteiger partial charge on any atom is 0.352 e. The average molecular weight is 434 g/mol. The van der Waals surface area contributed by atoms with E-state index >= 15 is 0 Å². The van der Waals surface area contributed by atoms with Gasteiger partial charge in [-0.3, -0.25) is 14.2 Å². The van der Waals surface area contributed by atoms with E-state index in [2.05, 4.69) is 10.4 Å². The molecule has 0 spiro atoms. The number of nitrogens with zero attached hydrogens (tertiary/aromatic N) is 3. The molecule has 0 saturated heterocycles. The summed E-state index contributed by atoms with van der Waals surface area (Å²) in [6.07, 6.45) is 1.47. The molecule has 8 nitrogen and oxygen atoms in total. The number of benzene rings is 2. The van der Waals surface area contributed by atoms with Crippen LogP contribution >= 0.6 is 0 Å². The second-order valence-corrected chi connectivity index (χ2v) is 7.16. The molecule has 1 N–H and O–H groups in total. The number of carbonyl (C=O) groups excluding carboxylic acids is 1. The first-order chi connectivity index (χ1) is 15.4. The third kappa shape index (κ3) is 4.41. The van der Waals surface area contributed by atoms with E-state index in [0.717, 1.165) is 14.8 Å². The van der Waals surface area contributed by atoms with Crippen molar-refractivity contribution >= 4 is 5.91 Å². The molecular formula is C23H19FN4O4. The van der Waals surface area contributed by atoms with Gasteiger partial charge in [-0.05, 0) is 54.4 Å². The highest BCUT2D eigenvalue weighted by molar-refractivity contribution is 5.91. The Hall–Kier alpha value is -4.27. The van der Waals surface area contributed by atoms with Crippen LogP contribution < -0.4 is 16.6 Å². The number of furan rings is 1. The first-order valence-electron chi connectivity index (χ1n) is 9.78. The molecule has 0 aliphatic heterocycles. The maximum atomic E-state index is 13.3. The van der Waals surface area contributed by atoms with Gasteiger partial charge >= 0.3 is 5.69 Å². The molecule has 4 aromatic rings. The number of hydrogen-bond donors (Lipinski definition) is 1. The average Bonchev–Trinajstić information content (AvgIpc) is 3.30. The number of nitrogens with one attached hydrogen (secondary N) is 1. The lowest BCUT2D eigenvalue weighted by Gasteiger charge is -2.12. The second kappa shape index (κ2) is 8.84. The van der Waals surface area contributed by atoms with Crippen molar-refractivity contribution in [3.8, 4) is 5.69 Å². The minimum atomic E-state index is -0.847. The maximum absolute atomic E-state index is 13.3. The Morgan fingerprint density at radius 3 is 2.56 bits per heavy atom. The van der Waals surface area contributed by atoms with Crippen LogP contribution in [0.4, 0.5) is 4.39 Å². The van der Waals surface area contributed by atoms with Gasteiger partial charge in [0.2, 0.25) is 5.69 Å². The van der Waals surface area contributed by atoms with E-state index in [1.54, 1.807) is 30.3 Å². The van der Waals surface area contributed by atoms with Crippen molar-refractivity contribution in [2.45, 2.75) is 20.0 Å². The standard InChI is InChI=1S/C23H19FN4O4/c1-15-4-2-5-18(12-15)28-23(31)27(14-16-7-9-17(24)10-8-16)22(30)20(26-28)21(29)25-13-19-6-3-11-32-19/h2-12H,13-14H2,1H3,(H,25,29). The number of aromatic nitrogens is 3. The van der Waals surface area contributed by atoms with Crippen molar-refractivity contribution in [2.24, 2.45) is 0 Å². The predicted octanol–water partition coefficient (Wildman–Crippen LogP) is 2.41. The molecule has 0 aliphatic rings. The highest BCUT2D eigenvalue weighted by Crippen LogP contribution is 2.08. The van der Waals surface area contributed by atoms with Crippen molar-refractivity contribution < 1.29 is 13.6 Å². The van der Waals surface area contributed by atoms with Gasteiger partial charge in [0.15, 0.2) is 0 Å². The zero-order chi connectivity index (χ0) is 22.7. The summed E-state index contributed by atoms with van der Waals surface area (Å²) in [6.45, 7) is 1.75. The van der Waals surface area contributed by atoms with Crippen LogP contribution in [0.5, 0.6) is 0 Å². The van der Waals surface area contributed by atoms with Crippen molar-refractivity contribution in [3.63, 3.8) is 0 Å². The Balaban J connectivity index is 1.80. The number of hydrogen-bond acceptors (Lipinski definition) is 5. The fourth-order valence-corrected chi connectivity index (χ4v) is 3.16. The Morgan fingerprint density at radius 1 is 1.09 bits per heavy atom. The SMILES string of the molecule is Cc1cccc(-n2nc(C(=O)NCc3ccco3)c(=O)n(Cc3ccc(F)cc3)c2=O)c1. The van der Waals surface area contributed by atoms with Crippen molar-refractivity contribution in [1.82, 2.24) is 19.7 Å². The van der Waals surface area contributed by atoms with Gasteiger partial charge < -0.3 is 9.73 Å². The lowest BCUT2D eigenvalue weighted by atomic mass is 10.2. The van der Waals surface area contributed by atoms with Crippen LogP contribution in [0, 0.1) is 12.7 Å². The zero-order valence-corrected chi connectivity index (χ0v) is 17.1. The van der Waals surface area contributed by atoms with E-state index in [-0.39, 0.29) is 13.1 Å². The lowest BCUT2D eigenvalue weighted by molar-refractivity contribution is 0.0938. The normalized spacial score (nSPS) is 10.8. The van der Waals surface area contributed by atoms with Gasteiger partial charge in [-0.15, -0.1) is 0 Å². The zero-order valence-electron chi connectivity index (χ0n) is 17.1. The highest BCUT2D eigenvalue weighted by Gasteiger charge is 2.20. The number of halogens is 1. The van der Waals surface area contributed by atoms with Gasteiger partial charge in [-0.1, -0.05) is 24.3 Å². The van der Waals surface area contributed by atoms with Crippen molar-refractivity contribution in [2.75, 3.05) is 0 Å². The summed E-state index contributed by atoms with van der Waals surface area (Å²) in [6, 6.07) is 15.7. The highest BCUT2D eigenvalue weighted by atomic mass is 19.1. The minimum Gasteiger partial charge on any atom is -0.467 e. The molecule has 32 heavy (non-hydrogen) atoms. The van der Waals surface area contributed by atoms with E-state index in [1.807, 2.05) is 13.0 Å². The van der Waals surface area contributed by atoms with Crippen LogP contribution in [-0.4, -0.2) is 20.3 Å². The summed E-state index contributed by atoms with van der Waals surface area (Å²) in [5, 5.41) is 6.64. The fourth-order valence-electron chi connectivity index (χ4n) is 3.16. The van der Waals surface area contributed by atoms with E-state index in [9.17, 15) is 18.8 Å². The van der Waals surface area contributed by atoms with Crippen LogP contribution in [0.15, 0.2) is 80.9 Å². The molecule has 1 amide bonds. The van der Waals surface area contributed by atoms with Gasteiger partial charge in [-0.25, -0.2) is 9.18 Å². The fraction of sp³-hybridized carbons (Fsp3) is 0.130. The number of carbonyl (C=O) groups is 1. The van der Waals surface area contributed by atoms with Gasteiger partial charge in [-0.2, -0.15) is 9.78 Å². The lowest BCUT2D eigenvalue weighted by Crippen LogP contribution is -2.46. The Kier molecular flexibility index (Phi) is 5.80. The van der Waals surface area contributed by atoms with Gasteiger partial charge in [0.25, 0.3) is 11.5 Å². The molecule has 0 unspecified atom stereocenters. The van der Waals surface area contributed by atoms with Gasteiger partial charge in [0, 0.05) is 0 Å². The molecule has 2 aromatic heterocycles. The summed E-state index contributed by atoms with van der Waals surface area (Å²) >= 11 is 0. The van der Waals surface area contributed by atoms with Gasteiger partial charge in [0.1, 0.15) is 11.6 Å². The van der Waals surface area contributed by atoms with E-state index in [4.69, 9.17) is 4.42 Å². The molecule has 162 valence electrons. The molecular weight excluding hydrogens is 415 g/mol. The summed E-state index contributed by atoms with van der Waals surface area (Å²) in [5.41, 5.74) is -0.207. The predicted molar refractivity (Wildman–Crippen MR) is 114 cm³/mol. The van der Waals surface area contributed by atoms with Crippen LogP contribution in [-0.2, 0) is 13.1 Å². The van der Waals surface area contributed by atoms with Crippen LogP contribution in [0.2, 0.25) is 0 Å². The van der Waals surface area contributed by atoms with E-state index in [0.29, 0.717) is 17.0 Å². The number of aryl methyl sites for hydroxylation is 1. The Bertz CT molecular complexity index is 1370. The number of amides is 1. The first-order valence-corrected chi connectivity index (χ1v) is 9.78. The minimum absolute atomic E-state index is 0.0501. The second-order valence-electron chi connectivity index (χ2n) is 7.16. The third-order valence-electron chi connectivity index (χ3n) is 4.78.